The Labute approximate surface area is 192 Å². The Balaban J connectivity index is 1.23. The van der Waals surface area contributed by atoms with Gasteiger partial charge in [-0.1, -0.05) is 6.07 Å². The fraction of sp³-hybridized carbons (Fsp3) is 0.370. The van der Waals surface area contributed by atoms with Gasteiger partial charge in [0.1, 0.15) is 17.5 Å². The molecule has 0 radical (unpaired) electrons. The van der Waals surface area contributed by atoms with E-state index in [1.165, 1.54) is 30.4 Å². The van der Waals surface area contributed by atoms with Gasteiger partial charge in [0.2, 0.25) is 0 Å². The molecule has 8 rings (SSSR count). The first-order valence-electron chi connectivity index (χ1n) is 11.9. The van der Waals surface area contributed by atoms with E-state index in [1.54, 1.807) is 0 Å². The number of benzene rings is 2. The quantitative estimate of drug-likeness (QED) is 0.432. The maximum Gasteiger partial charge on any atom is 0.125 e. The highest BCUT2D eigenvalue weighted by Gasteiger charge is 2.58. The Morgan fingerprint density at radius 3 is 2.79 bits per heavy atom. The van der Waals surface area contributed by atoms with Gasteiger partial charge in [-0.2, -0.15) is 15.5 Å². The molecular formula is C27H25N5O. The van der Waals surface area contributed by atoms with Gasteiger partial charge >= 0.3 is 0 Å². The van der Waals surface area contributed by atoms with Crippen molar-refractivity contribution in [3.8, 4) is 17.5 Å². The van der Waals surface area contributed by atoms with Crippen LogP contribution in [0, 0.1) is 24.2 Å². The molecule has 1 unspecified atom stereocenters. The second-order valence-corrected chi connectivity index (χ2v) is 10.1. The predicted octanol–water partition coefficient (Wildman–Crippen LogP) is 5.37. The van der Waals surface area contributed by atoms with Crippen molar-refractivity contribution in [2.45, 2.75) is 57.1 Å². The molecule has 0 aliphatic heterocycles. The number of aryl methyl sites for hydroxylation is 2. The molecule has 0 amide bonds. The number of hydrogen-bond acceptors (Lipinski definition) is 4. The molecule has 164 valence electrons. The van der Waals surface area contributed by atoms with E-state index in [9.17, 15) is 5.26 Å². The van der Waals surface area contributed by atoms with Crippen LogP contribution in [0.5, 0.6) is 5.75 Å². The molecule has 4 aliphatic rings. The lowest BCUT2D eigenvalue weighted by Gasteiger charge is -2.61. The number of aromatic nitrogens is 4. The molecule has 6 heteroatoms. The Morgan fingerprint density at radius 2 is 2.00 bits per heavy atom. The van der Waals surface area contributed by atoms with Crippen molar-refractivity contribution in [1.82, 2.24) is 19.6 Å². The minimum absolute atomic E-state index is 0.000966. The van der Waals surface area contributed by atoms with E-state index >= 15 is 0 Å². The third-order valence-corrected chi connectivity index (χ3v) is 7.97. The van der Waals surface area contributed by atoms with Crippen LogP contribution in [-0.2, 0) is 12.0 Å². The van der Waals surface area contributed by atoms with Gasteiger partial charge < -0.3 is 4.74 Å². The number of ether oxygens (including phenoxy) is 1. The number of fused-ring (bicyclic) bond motifs is 2. The summed E-state index contributed by atoms with van der Waals surface area (Å²) in [4.78, 5) is 0. The van der Waals surface area contributed by atoms with E-state index in [2.05, 4.69) is 52.3 Å². The molecule has 6 nitrogen and oxygen atoms in total. The molecule has 0 spiro atoms. The van der Waals surface area contributed by atoms with Crippen LogP contribution in [0.15, 0.2) is 48.9 Å². The van der Waals surface area contributed by atoms with E-state index < -0.39 is 0 Å². The molecule has 3 saturated carbocycles. The molecule has 4 aliphatic carbocycles. The zero-order chi connectivity index (χ0) is 22.2. The van der Waals surface area contributed by atoms with E-state index in [1.807, 2.05) is 29.2 Å². The van der Waals surface area contributed by atoms with Crippen molar-refractivity contribution < 1.29 is 4.74 Å². The lowest BCUT2D eigenvalue weighted by atomic mass is 9.50. The molecule has 1 atom stereocenters. The zero-order valence-electron chi connectivity index (χ0n) is 18.7. The predicted molar refractivity (Wildman–Crippen MR) is 124 cm³/mol. The van der Waals surface area contributed by atoms with Crippen LogP contribution in [0.2, 0.25) is 0 Å². The van der Waals surface area contributed by atoms with Crippen molar-refractivity contribution in [2.24, 2.45) is 5.92 Å². The van der Waals surface area contributed by atoms with Crippen LogP contribution in [0.1, 0.15) is 60.5 Å². The van der Waals surface area contributed by atoms with Crippen LogP contribution in [0.25, 0.3) is 16.6 Å². The average Bonchev–Trinajstić information content (AvgIpc) is 3.38. The molecule has 0 N–H and O–H groups in total. The van der Waals surface area contributed by atoms with Crippen LogP contribution in [-0.4, -0.2) is 19.6 Å². The van der Waals surface area contributed by atoms with Gasteiger partial charge in [-0.15, -0.1) is 0 Å². The summed E-state index contributed by atoms with van der Waals surface area (Å²) in [5, 5.41) is 19.7. The normalized spacial score (nSPS) is 25.1. The minimum Gasteiger partial charge on any atom is -0.485 e. The summed E-state index contributed by atoms with van der Waals surface area (Å²) in [5.41, 5.74) is 6.56. The smallest absolute Gasteiger partial charge is 0.125 e. The summed E-state index contributed by atoms with van der Waals surface area (Å²) >= 11 is 0. The second-order valence-electron chi connectivity index (χ2n) is 10.1. The van der Waals surface area contributed by atoms with E-state index in [0.717, 1.165) is 58.6 Å². The standard InChI is InChI=1S/C27H25N5O/c1-17-7-21-14-30-32(22-15-29-31(16-22)27-10-19(11-27)12-27)24(21)9-26(17)33-25-4-2-3-20-8-18(13-28)5-6-23(20)25/h5-9,14-16,19,25H,2-4,10-12H2,1H3. The zero-order valence-corrected chi connectivity index (χ0v) is 18.7. The van der Waals surface area contributed by atoms with Crippen LogP contribution in [0.3, 0.4) is 0 Å². The molecule has 2 bridgehead atoms. The second kappa shape index (κ2) is 6.71. The largest absolute Gasteiger partial charge is 0.485 e. The first-order valence-corrected chi connectivity index (χ1v) is 11.9. The van der Waals surface area contributed by atoms with Crippen molar-refractivity contribution in [2.75, 3.05) is 0 Å². The third-order valence-electron chi connectivity index (χ3n) is 7.97. The maximum absolute atomic E-state index is 9.25. The highest BCUT2D eigenvalue weighted by molar-refractivity contribution is 5.83. The van der Waals surface area contributed by atoms with Gasteiger partial charge in [-0.05, 0) is 86.3 Å². The first kappa shape index (κ1) is 18.9. The molecule has 2 aromatic carbocycles. The van der Waals surface area contributed by atoms with Gasteiger partial charge in [0, 0.05) is 11.5 Å². The summed E-state index contributed by atoms with van der Waals surface area (Å²) in [6, 6.07) is 12.5. The Kier molecular flexibility index (Phi) is 3.85. The van der Waals surface area contributed by atoms with Crippen LogP contribution in [0.4, 0.5) is 0 Å². The van der Waals surface area contributed by atoms with Crippen molar-refractivity contribution in [3.05, 3.63) is 71.2 Å². The van der Waals surface area contributed by atoms with Gasteiger partial charge in [0.15, 0.2) is 0 Å². The number of rotatable bonds is 4. The maximum atomic E-state index is 9.25. The van der Waals surface area contributed by atoms with E-state index in [-0.39, 0.29) is 11.6 Å². The first-order chi connectivity index (χ1) is 16.1. The monoisotopic (exact) mass is 435 g/mol. The van der Waals surface area contributed by atoms with Crippen molar-refractivity contribution >= 4 is 10.9 Å². The van der Waals surface area contributed by atoms with E-state index in [0.29, 0.717) is 0 Å². The molecule has 2 aromatic heterocycles. The Morgan fingerprint density at radius 1 is 1.12 bits per heavy atom. The van der Waals surface area contributed by atoms with Crippen molar-refractivity contribution in [1.29, 1.82) is 5.26 Å². The number of nitrogens with zero attached hydrogens (tertiary/aromatic N) is 5. The summed E-state index contributed by atoms with van der Waals surface area (Å²) in [6.07, 6.45) is 12.8. The van der Waals surface area contributed by atoms with Gasteiger partial charge in [-0.3, -0.25) is 4.68 Å². The molecule has 3 fully saturated rings. The number of hydrogen-bond donors (Lipinski definition) is 0. The van der Waals surface area contributed by atoms with Crippen LogP contribution >= 0.6 is 0 Å². The van der Waals surface area contributed by atoms with Gasteiger partial charge in [0.05, 0.1) is 41.3 Å². The topological polar surface area (TPSA) is 68.7 Å². The van der Waals surface area contributed by atoms with Gasteiger partial charge in [-0.25, -0.2) is 4.68 Å². The third kappa shape index (κ3) is 2.78. The lowest BCUT2D eigenvalue weighted by molar-refractivity contribution is -0.0977. The molecule has 2 heterocycles. The molecular weight excluding hydrogens is 410 g/mol. The summed E-state index contributed by atoms with van der Waals surface area (Å²) in [7, 11) is 0. The molecule has 33 heavy (non-hydrogen) atoms. The summed E-state index contributed by atoms with van der Waals surface area (Å²) < 4.78 is 10.7. The highest BCUT2D eigenvalue weighted by Crippen LogP contribution is 2.62. The summed E-state index contributed by atoms with van der Waals surface area (Å²) in [5.74, 6) is 1.81. The van der Waals surface area contributed by atoms with Crippen molar-refractivity contribution in [3.63, 3.8) is 0 Å². The lowest BCUT2D eigenvalue weighted by Crippen LogP contribution is -2.59. The highest BCUT2D eigenvalue weighted by atomic mass is 16.5. The average molecular weight is 436 g/mol. The summed E-state index contributed by atoms with van der Waals surface area (Å²) in [6.45, 7) is 2.09. The fourth-order valence-corrected chi connectivity index (χ4v) is 6.01. The minimum atomic E-state index is 0.000966. The molecule has 4 aromatic rings. The Hall–Kier alpha value is -3.59. The van der Waals surface area contributed by atoms with Gasteiger partial charge in [0.25, 0.3) is 0 Å². The number of nitriles is 1. The Bertz CT molecular complexity index is 1440. The van der Waals surface area contributed by atoms with E-state index in [4.69, 9.17) is 4.74 Å². The van der Waals surface area contributed by atoms with Crippen LogP contribution < -0.4 is 4.74 Å². The SMILES string of the molecule is Cc1cc2cnn(-c3cnn(C45CC(C4)C5)c3)c2cc1OC1CCCc2cc(C#N)ccc21. The molecule has 0 saturated heterocycles. The fourth-order valence-electron chi connectivity index (χ4n) is 6.01.